The molecule has 2 heterocycles. The zero-order valence-electron chi connectivity index (χ0n) is 10.6. The van der Waals surface area contributed by atoms with Gasteiger partial charge in [0.05, 0.1) is 5.52 Å². The summed E-state index contributed by atoms with van der Waals surface area (Å²) >= 11 is 0. The Morgan fingerprint density at radius 1 is 0.895 bits per heavy atom. The van der Waals surface area contributed by atoms with Crippen molar-refractivity contribution in [2.45, 2.75) is 6.42 Å². The second-order valence-electron chi connectivity index (χ2n) is 4.41. The van der Waals surface area contributed by atoms with E-state index in [9.17, 15) is 0 Å². The molecule has 0 bridgehead atoms. The van der Waals surface area contributed by atoms with Gasteiger partial charge in [0.25, 0.3) is 0 Å². The summed E-state index contributed by atoms with van der Waals surface area (Å²) in [5, 5.41) is 4.64. The number of benzene rings is 1. The molecule has 3 rings (SSSR count). The van der Waals surface area contributed by atoms with Crippen molar-refractivity contribution >= 4 is 16.6 Å². The maximum atomic E-state index is 4.36. The van der Waals surface area contributed by atoms with Gasteiger partial charge in [0, 0.05) is 36.2 Å². The van der Waals surface area contributed by atoms with Crippen molar-refractivity contribution in [1.82, 2.24) is 9.97 Å². The van der Waals surface area contributed by atoms with Crippen LogP contribution in [0.3, 0.4) is 0 Å². The summed E-state index contributed by atoms with van der Waals surface area (Å²) in [6, 6.07) is 14.3. The molecule has 19 heavy (non-hydrogen) atoms. The zero-order valence-corrected chi connectivity index (χ0v) is 10.6. The summed E-state index contributed by atoms with van der Waals surface area (Å²) in [5.74, 6) is 0. The van der Waals surface area contributed by atoms with Gasteiger partial charge >= 0.3 is 0 Å². The van der Waals surface area contributed by atoms with Crippen LogP contribution >= 0.6 is 0 Å². The number of nitrogens with zero attached hydrogens (tertiary/aromatic N) is 2. The lowest BCUT2D eigenvalue weighted by molar-refractivity contribution is 1.01. The lowest BCUT2D eigenvalue weighted by atomic mass is 10.1. The number of hydrogen-bond donors (Lipinski definition) is 1. The first kappa shape index (κ1) is 11.7. The van der Waals surface area contributed by atoms with Crippen molar-refractivity contribution in [3.05, 3.63) is 66.6 Å². The fourth-order valence-corrected chi connectivity index (χ4v) is 2.14. The number of nitrogens with one attached hydrogen (secondary N) is 1. The highest BCUT2D eigenvalue weighted by Gasteiger charge is 2.00. The molecule has 0 radical (unpaired) electrons. The number of rotatable bonds is 4. The van der Waals surface area contributed by atoms with Crippen LogP contribution in [0.15, 0.2) is 61.1 Å². The lowest BCUT2D eigenvalue weighted by Gasteiger charge is -2.09. The average molecular weight is 249 g/mol. The van der Waals surface area contributed by atoms with Crippen LogP contribution in [0.4, 0.5) is 5.69 Å². The number of fused-ring (bicyclic) bond motifs is 1. The molecule has 0 aliphatic heterocycles. The molecule has 0 saturated carbocycles. The van der Waals surface area contributed by atoms with E-state index in [1.165, 1.54) is 10.9 Å². The summed E-state index contributed by atoms with van der Waals surface area (Å²) in [4.78, 5) is 8.38. The summed E-state index contributed by atoms with van der Waals surface area (Å²) < 4.78 is 0. The predicted molar refractivity (Wildman–Crippen MR) is 78.2 cm³/mol. The van der Waals surface area contributed by atoms with E-state index >= 15 is 0 Å². The summed E-state index contributed by atoms with van der Waals surface area (Å²) in [6.45, 7) is 0.901. The molecular weight excluding hydrogens is 234 g/mol. The number of aromatic nitrogens is 2. The number of hydrogen-bond acceptors (Lipinski definition) is 3. The first-order valence-electron chi connectivity index (χ1n) is 6.40. The minimum atomic E-state index is 0.901. The third-order valence-corrected chi connectivity index (χ3v) is 3.13. The quantitative estimate of drug-likeness (QED) is 0.771. The van der Waals surface area contributed by atoms with Gasteiger partial charge in [-0.05, 0) is 36.2 Å². The van der Waals surface area contributed by atoms with Gasteiger partial charge in [0.1, 0.15) is 0 Å². The molecule has 1 N–H and O–H groups in total. The Morgan fingerprint density at radius 3 is 2.63 bits per heavy atom. The topological polar surface area (TPSA) is 37.8 Å². The number of anilines is 1. The smallest absolute Gasteiger partial charge is 0.0722 e. The molecule has 0 atom stereocenters. The minimum Gasteiger partial charge on any atom is -0.384 e. The van der Waals surface area contributed by atoms with E-state index in [0.717, 1.165) is 24.2 Å². The van der Waals surface area contributed by atoms with E-state index in [1.807, 2.05) is 55.0 Å². The van der Waals surface area contributed by atoms with Crippen molar-refractivity contribution in [3.8, 4) is 0 Å². The Bertz CT molecular complexity index is 660. The molecule has 0 unspecified atom stereocenters. The third-order valence-electron chi connectivity index (χ3n) is 3.13. The molecule has 0 aliphatic rings. The molecule has 0 saturated heterocycles. The molecule has 0 aliphatic carbocycles. The van der Waals surface area contributed by atoms with E-state index in [0.29, 0.717) is 0 Å². The predicted octanol–water partition coefficient (Wildman–Crippen LogP) is 3.28. The molecule has 94 valence electrons. The van der Waals surface area contributed by atoms with E-state index in [4.69, 9.17) is 0 Å². The van der Waals surface area contributed by atoms with Crippen LogP contribution in [0.2, 0.25) is 0 Å². The Morgan fingerprint density at radius 2 is 1.74 bits per heavy atom. The molecule has 2 aromatic heterocycles. The van der Waals surface area contributed by atoms with Crippen molar-refractivity contribution < 1.29 is 0 Å². The highest BCUT2D eigenvalue weighted by atomic mass is 14.9. The van der Waals surface area contributed by atoms with Gasteiger partial charge in [-0.3, -0.25) is 9.97 Å². The summed E-state index contributed by atoms with van der Waals surface area (Å²) in [5.41, 5.74) is 3.46. The van der Waals surface area contributed by atoms with Gasteiger partial charge in [0.15, 0.2) is 0 Å². The molecular formula is C16H15N3. The van der Waals surface area contributed by atoms with Crippen molar-refractivity contribution in [1.29, 1.82) is 0 Å². The second-order valence-corrected chi connectivity index (χ2v) is 4.41. The molecule has 3 aromatic rings. The average Bonchev–Trinajstić information content (AvgIpc) is 2.49. The maximum absolute atomic E-state index is 4.36. The number of para-hydroxylation sites is 1. The molecule has 0 fully saturated rings. The minimum absolute atomic E-state index is 0.901. The molecule has 0 amide bonds. The summed E-state index contributed by atoms with van der Waals surface area (Å²) in [6.07, 6.45) is 6.49. The highest BCUT2D eigenvalue weighted by Crippen LogP contribution is 2.20. The SMILES string of the molecule is c1ccc2c(NCCc3ccncc3)ccnc2c1. The largest absolute Gasteiger partial charge is 0.384 e. The van der Waals surface area contributed by atoms with Crippen molar-refractivity contribution in [2.24, 2.45) is 0 Å². The van der Waals surface area contributed by atoms with Crippen LogP contribution in [0.1, 0.15) is 5.56 Å². The van der Waals surface area contributed by atoms with E-state index in [-0.39, 0.29) is 0 Å². The molecule has 3 nitrogen and oxygen atoms in total. The Balaban J connectivity index is 1.72. The Kier molecular flexibility index (Phi) is 3.36. The van der Waals surface area contributed by atoms with Crippen LogP contribution in [0, 0.1) is 0 Å². The second kappa shape index (κ2) is 5.48. The van der Waals surface area contributed by atoms with E-state index in [1.54, 1.807) is 0 Å². The van der Waals surface area contributed by atoms with Crippen molar-refractivity contribution in [2.75, 3.05) is 11.9 Å². The highest BCUT2D eigenvalue weighted by molar-refractivity contribution is 5.90. The van der Waals surface area contributed by atoms with Gasteiger partial charge in [-0.2, -0.15) is 0 Å². The van der Waals surface area contributed by atoms with Gasteiger partial charge in [-0.25, -0.2) is 0 Å². The zero-order chi connectivity index (χ0) is 12.9. The van der Waals surface area contributed by atoms with Crippen LogP contribution in [0.25, 0.3) is 10.9 Å². The van der Waals surface area contributed by atoms with Gasteiger partial charge < -0.3 is 5.32 Å². The fraction of sp³-hybridized carbons (Fsp3) is 0.125. The van der Waals surface area contributed by atoms with Crippen LogP contribution in [0.5, 0.6) is 0 Å². The lowest BCUT2D eigenvalue weighted by Crippen LogP contribution is -2.05. The molecule has 0 spiro atoms. The normalized spacial score (nSPS) is 10.5. The Labute approximate surface area is 112 Å². The standard InChI is InChI=1S/C16H15N3/c1-2-4-15-14(3-1)16(8-12-19-15)18-11-7-13-5-9-17-10-6-13/h1-6,8-10,12H,7,11H2,(H,18,19). The first-order chi connectivity index (χ1) is 9.43. The maximum Gasteiger partial charge on any atom is 0.0722 e. The Hall–Kier alpha value is -2.42. The monoisotopic (exact) mass is 249 g/mol. The van der Waals surface area contributed by atoms with Gasteiger partial charge in [-0.15, -0.1) is 0 Å². The third kappa shape index (κ3) is 2.71. The van der Waals surface area contributed by atoms with Crippen molar-refractivity contribution in [3.63, 3.8) is 0 Å². The summed E-state index contributed by atoms with van der Waals surface area (Å²) in [7, 11) is 0. The van der Waals surface area contributed by atoms with Crippen LogP contribution in [-0.4, -0.2) is 16.5 Å². The molecule has 1 aromatic carbocycles. The molecule has 3 heteroatoms. The van der Waals surface area contributed by atoms with Gasteiger partial charge in [0.2, 0.25) is 0 Å². The van der Waals surface area contributed by atoms with E-state index < -0.39 is 0 Å². The first-order valence-corrected chi connectivity index (χ1v) is 6.40. The van der Waals surface area contributed by atoms with Gasteiger partial charge in [-0.1, -0.05) is 18.2 Å². The van der Waals surface area contributed by atoms with E-state index in [2.05, 4.69) is 21.4 Å². The fourth-order valence-electron chi connectivity index (χ4n) is 2.14. The number of pyridine rings is 2. The van der Waals surface area contributed by atoms with Crippen LogP contribution in [-0.2, 0) is 6.42 Å². The van der Waals surface area contributed by atoms with Crippen LogP contribution < -0.4 is 5.32 Å².